The van der Waals surface area contributed by atoms with Gasteiger partial charge in [-0.05, 0) is 36.8 Å². The molecule has 2 aromatic heterocycles. The van der Waals surface area contributed by atoms with Gasteiger partial charge in [0.15, 0.2) is 11.5 Å². The number of ether oxygens (including phenoxy) is 3. The van der Waals surface area contributed by atoms with Gasteiger partial charge in [-0.15, -0.1) is 5.10 Å². The molecule has 10 nitrogen and oxygen atoms in total. The lowest BCUT2D eigenvalue weighted by Crippen LogP contribution is -2.19. The van der Waals surface area contributed by atoms with Gasteiger partial charge >= 0.3 is 0 Å². The number of aromatic nitrogens is 5. The van der Waals surface area contributed by atoms with Crippen molar-refractivity contribution in [2.45, 2.75) is 20.0 Å². The number of benzene rings is 4. The summed E-state index contributed by atoms with van der Waals surface area (Å²) in [6.45, 7) is 2.33. The maximum Gasteiger partial charge on any atom is 0.246 e. The molecule has 6 rings (SSSR count). The van der Waals surface area contributed by atoms with Gasteiger partial charge in [0.25, 0.3) is 0 Å². The quantitative estimate of drug-likeness (QED) is 0.178. The van der Waals surface area contributed by atoms with Crippen LogP contribution in [0.3, 0.4) is 0 Å². The van der Waals surface area contributed by atoms with Crippen LogP contribution in [-0.4, -0.2) is 51.8 Å². The Kier molecular flexibility index (Phi) is 8.78. The fourth-order valence-electron chi connectivity index (χ4n) is 5.44. The SMILES string of the molecule is COc1cc(-c2nc(-c3ccccc3)c(-c3ccccc3)n2Cc2cn(CC(=O)Nc3cccc(C)c3)nn2)cc(OC)c1OC. The zero-order valence-corrected chi connectivity index (χ0v) is 26.1. The van der Waals surface area contributed by atoms with Crippen molar-refractivity contribution in [1.82, 2.24) is 24.5 Å². The van der Waals surface area contributed by atoms with Crippen LogP contribution >= 0.6 is 0 Å². The molecule has 0 saturated heterocycles. The van der Waals surface area contributed by atoms with Crippen LogP contribution in [-0.2, 0) is 17.9 Å². The molecular formula is C36H34N6O4. The molecule has 10 heteroatoms. The van der Waals surface area contributed by atoms with E-state index in [1.165, 1.54) is 4.68 Å². The van der Waals surface area contributed by atoms with E-state index >= 15 is 0 Å². The molecule has 0 radical (unpaired) electrons. The number of aryl methyl sites for hydroxylation is 1. The Labute approximate surface area is 267 Å². The highest BCUT2D eigenvalue weighted by Crippen LogP contribution is 2.43. The number of carbonyl (C=O) groups excluding carboxylic acids is 1. The number of carbonyl (C=O) groups is 1. The number of anilines is 1. The molecule has 0 aliphatic heterocycles. The lowest BCUT2D eigenvalue weighted by atomic mass is 10.0. The van der Waals surface area contributed by atoms with Crippen LogP contribution in [0.4, 0.5) is 5.69 Å². The van der Waals surface area contributed by atoms with Crippen molar-refractivity contribution in [3.63, 3.8) is 0 Å². The first-order chi connectivity index (χ1) is 22.5. The van der Waals surface area contributed by atoms with E-state index in [0.29, 0.717) is 35.3 Å². The van der Waals surface area contributed by atoms with Gasteiger partial charge in [-0.25, -0.2) is 9.67 Å². The molecule has 0 saturated carbocycles. The Morgan fingerprint density at radius 2 is 1.46 bits per heavy atom. The van der Waals surface area contributed by atoms with Crippen LogP contribution in [0.2, 0.25) is 0 Å². The van der Waals surface area contributed by atoms with Gasteiger partial charge in [0.05, 0.1) is 45.5 Å². The molecule has 1 amide bonds. The molecule has 46 heavy (non-hydrogen) atoms. The highest BCUT2D eigenvalue weighted by molar-refractivity contribution is 5.90. The summed E-state index contributed by atoms with van der Waals surface area (Å²) in [6.07, 6.45) is 1.78. The number of nitrogens with one attached hydrogen (secondary N) is 1. The Morgan fingerprint density at radius 1 is 0.783 bits per heavy atom. The second kappa shape index (κ2) is 13.4. The number of amides is 1. The van der Waals surface area contributed by atoms with E-state index in [9.17, 15) is 4.79 Å². The molecule has 6 aromatic rings. The smallest absolute Gasteiger partial charge is 0.246 e. The van der Waals surface area contributed by atoms with Crippen molar-refractivity contribution in [2.75, 3.05) is 26.6 Å². The molecule has 232 valence electrons. The molecule has 0 atom stereocenters. The van der Waals surface area contributed by atoms with Gasteiger partial charge in [0.2, 0.25) is 11.7 Å². The molecule has 0 unspecified atom stereocenters. The van der Waals surface area contributed by atoms with Gasteiger partial charge in [0.1, 0.15) is 18.1 Å². The van der Waals surface area contributed by atoms with E-state index in [4.69, 9.17) is 19.2 Å². The van der Waals surface area contributed by atoms with E-state index in [2.05, 4.69) is 32.3 Å². The lowest BCUT2D eigenvalue weighted by Gasteiger charge is -2.16. The van der Waals surface area contributed by atoms with E-state index in [1.54, 1.807) is 27.5 Å². The third kappa shape index (κ3) is 6.32. The van der Waals surface area contributed by atoms with Crippen LogP contribution < -0.4 is 19.5 Å². The van der Waals surface area contributed by atoms with Gasteiger partial charge in [-0.2, -0.15) is 0 Å². The van der Waals surface area contributed by atoms with Crippen molar-refractivity contribution in [2.24, 2.45) is 0 Å². The second-order valence-electron chi connectivity index (χ2n) is 10.7. The van der Waals surface area contributed by atoms with Crippen molar-refractivity contribution in [1.29, 1.82) is 0 Å². The Hall–Kier alpha value is -5.90. The van der Waals surface area contributed by atoms with Crippen molar-refractivity contribution in [3.8, 4) is 51.2 Å². The lowest BCUT2D eigenvalue weighted by molar-refractivity contribution is -0.116. The van der Waals surface area contributed by atoms with Gasteiger partial charge in [-0.3, -0.25) is 4.79 Å². The minimum atomic E-state index is -0.195. The third-order valence-electron chi connectivity index (χ3n) is 7.50. The maximum atomic E-state index is 12.8. The van der Waals surface area contributed by atoms with E-state index < -0.39 is 0 Å². The molecule has 0 spiro atoms. The Bertz CT molecular complexity index is 1940. The normalized spacial score (nSPS) is 10.9. The number of methoxy groups -OCH3 is 3. The number of imidazole rings is 1. The predicted molar refractivity (Wildman–Crippen MR) is 177 cm³/mol. The number of rotatable bonds is 11. The summed E-state index contributed by atoms with van der Waals surface area (Å²) in [5, 5.41) is 11.6. The van der Waals surface area contributed by atoms with Crippen molar-refractivity contribution < 1.29 is 19.0 Å². The predicted octanol–water partition coefficient (Wildman–Crippen LogP) is 6.50. The largest absolute Gasteiger partial charge is 0.493 e. The van der Waals surface area contributed by atoms with Crippen LogP contribution in [0.5, 0.6) is 17.2 Å². The van der Waals surface area contributed by atoms with Gasteiger partial charge in [0, 0.05) is 22.4 Å². The minimum Gasteiger partial charge on any atom is -0.493 e. The van der Waals surface area contributed by atoms with E-state index in [0.717, 1.165) is 39.3 Å². The molecule has 0 bridgehead atoms. The molecule has 0 aliphatic rings. The second-order valence-corrected chi connectivity index (χ2v) is 10.7. The molecule has 2 heterocycles. The minimum absolute atomic E-state index is 0.0193. The summed E-state index contributed by atoms with van der Waals surface area (Å²) in [4.78, 5) is 18.1. The highest BCUT2D eigenvalue weighted by atomic mass is 16.5. The van der Waals surface area contributed by atoms with Crippen molar-refractivity contribution in [3.05, 3.63) is 115 Å². The van der Waals surface area contributed by atoms with Crippen LogP contribution in [0.1, 0.15) is 11.3 Å². The molecular weight excluding hydrogens is 580 g/mol. The van der Waals surface area contributed by atoms with Crippen molar-refractivity contribution >= 4 is 11.6 Å². The zero-order valence-electron chi connectivity index (χ0n) is 26.1. The zero-order chi connectivity index (χ0) is 32.0. The summed E-state index contributed by atoms with van der Waals surface area (Å²) in [7, 11) is 4.75. The monoisotopic (exact) mass is 614 g/mol. The standard InChI is InChI=1S/C36H34N6O4/c1-24-12-11-17-28(18-24)37-32(43)23-41-21-29(39-40-41)22-42-34(26-15-9-6-10-16-26)33(25-13-7-5-8-14-25)38-36(42)27-19-30(44-2)35(46-4)31(20-27)45-3/h5-21H,22-23H2,1-4H3,(H,37,43). The Morgan fingerprint density at radius 3 is 2.09 bits per heavy atom. The first-order valence-electron chi connectivity index (χ1n) is 14.7. The maximum absolute atomic E-state index is 12.8. The number of hydrogen-bond acceptors (Lipinski definition) is 7. The fourth-order valence-corrected chi connectivity index (χ4v) is 5.44. The number of nitrogens with zero attached hydrogens (tertiary/aromatic N) is 5. The summed E-state index contributed by atoms with van der Waals surface area (Å²) in [6, 6.07) is 31.6. The third-order valence-corrected chi connectivity index (χ3v) is 7.50. The van der Waals surface area contributed by atoms with Gasteiger partial charge in [-0.1, -0.05) is 78.0 Å². The molecule has 0 fully saturated rings. The van der Waals surface area contributed by atoms with Gasteiger partial charge < -0.3 is 24.1 Å². The highest BCUT2D eigenvalue weighted by Gasteiger charge is 2.24. The van der Waals surface area contributed by atoms with Crippen LogP contribution in [0.15, 0.2) is 103 Å². The molecule has 1 N–H and O–H groups in total. The average Bonchev–Trinajstić information content (AvgIpc) is 3.69. The average molecular weight is 615 g/mol. The summed E-state index contributed by atoms with van der Waals surface area (Å²) >= 11 is 0. The van der Waals surface area contributed by atoms with E-state index in [1.807, 2.05) is 91.9 Å². The fraction of sp³-hybridized carbons (Fsp3) is 0.167. The molecule has 4 aromatic carbocycles. The summed E-state index contributed by atoms with van der Waals surface area (Å²) in [5.74, 6) is 1.99. The first-order valence-corrected chi connectivity index (χ1v) is 14.7. The summed E-state index contributed by atoms with van der Waals surface area (Å²) < 4.78 is 20.6. The Balaban J connectivity index is 1.45. The number of hydrogen-bond donors (Lipinski definition) is 1. The van der Waals surface area contributed by atoms with Crippen LogP contribution in [0, 0.1) is 6.92 Å². The van der Waals surface area contributed by atoms with Crippen LogP contribution in [0.25, 0.3) is 33.9 Å². The molecule has 0 aliphatic carbocycles. The first kappa shape index (κ1) is 30.1. The van der Waals surface area contributed by atoms with E-state index in [-0.39, 0.29) is 12.5 Å². The topological polar surface area (TPSA) is 105 Å². The summed E-state index contributed by atoms with van der Waals surface area (Å²) in [5.41, 5.74) is 6.88.